The number of hydrogen-bond donors (Lipinski definition) is 0. The maximum Gasteiger partial charge on any atom is 0.402 e. The van der Waals surface area contributed by atoms with E-state index in [1.54, 1.807) is 0 Å². The Morgan fingerprint density at radius 1 is 1.55 bits per heavy atom. The van der Waals surface area contributed by atoms with Crippen molar-refractivity contribution in [2.24, 2.45) is 5.92 Å². The fraction of sp³-hybridized carbons (Fsp3) is 0.833. The maximum absolute atomic E-state index is 11.9. The third-order valence-electron chi connectivity index (χ3n) is 1.56. The maximum atomic E-state index is 11.9. The van der Waals surface area contributed by atoms with Crippen molar-refractivity contribution in [3.63, 3.8) is 0 Å². The van der Waals surface area contributed by atoms with E-state index in [0.29, 0.717) is 0 Å². The Morgan fingerprint density at radius 3 is 2.27 bits per heavy atom. The van der Waals surface area contributed by atoms with E-state index in [-0.39, 0.29) is 6.42 Å². The molecule has 11 heavy (non-hydrogen) atoms. The van der Waals surface area contributed by atoms with E-state index >= 15 is 0 Å². The summed E-state index contributed by atoms with van der Waals surface area (Å²) in [5.41, 5.74) is 0. The summed E-state index contributed by atoms with van der Waals surface area (Å²) in [6.07, 6.45) is -5.29. The SMILES string of the molecule is C[C@H]1C[C@H](C(F)(F)F)C(=O)O1. The zero-order valence-corrected chi connectivity index (χ0v) is 5.81. The molecule has 2 atom stereocenters. The van der Waals surface area contributed by atoms with Gasteiger partial charge in [-0.1, -0.05) is 0 Å². The molecule has 1 aliphatic rings. The van der Waals surface area contributed by atoms with Crippen LogP contribution in [-0.2, 0) is 9.53 Å². The van der Waals surface area contributed by atoms with Gasteiger partial charge in [-0.25, -0.2) is 0 Å². The predicted molar refractivity (Wildman–Crippen MR) is 29.7 cm³/mol. The second kappa shape index (κ2) is 2.39. The molecule has 0 saturated carbocycles. The van der Waals surface area contributed by atoms with Crippen molar-refractivity contribution in [1.82, 2.24) is 0 Å². The molecule has 0 aromatic carbocycles. The Balaban J connectivity index is 2.68. The van der Waals surface area contributed by atoms with E-state index < -0.39 is 24.2 Å². The fourth-order valence-corrected chi connectivity index (χ4v) is 1.02. The lowest BCUT2D eigenvalue weighted by atomic mass is 10.1. The molecule has 0 spiro atoms. The van der Waals surface area contributed by atoms with E-state index in [1.807, 2.05) is 0 Å². The Morgan fingerprint density at radius 2 is 2.09 bits per heavy atom. The van der Waals surface area contributed by atoms with Crippen LogP contribution in [-0.4, -0.2) is 18.2 Å². The second-order valence-corrected chi connectivity index (χ2v) is 2.58. The summed E-state index contributed by atoms with van der Waals surface area (Å²) in [7, 11) is 0. The van der Waals surface area contributed by atoms with Crippen molar-refractivity contribution in [3.8, 4) is 0 Å². The van der Waals surface area contributed by atoms with Gasteiger partial charge in [0, 0.05) is 6.42 Å². The highest BCUT2D eigenvalue weighted by Crippen LogP contribution is 2.35. The van der Waals surface area contributed by atoms with Gasteiger partial charge in [0.1, 0.15) is 6.10 Å². The van der Waals surface area contributed by atoms with E-state index in [2.05, 4.69) is 4.74 Å². The van der Waals surface area contributed by atoms with Crippen molar-refractivity contribution < 1.29 is 22.7 Å². The zero-order valence-electron chi connectivity index (χ0n) is 5.81. The van der Waals surface area contributed by atoms with Gasteiger partial charge in [0.2, 0.25) is 0 Å². The third-order valence-corrected chi connectivity index (χ3v) is 1.56. The highest BCUT2D eigenvalue weighted by Gasteiger charge is 2.50. The van der Waals surface area contributed by atoms with Gasteiger partial charge in [0.25, 0.3) is 0 Å². The largest absolute Gasteiger partial charge is 0.462 e. The van der Waals surface area contributed by atoms with Crippen molar-refractivity contribution in [2.75, 3.05) is 0 Å². The molecule has 1 rings (SSSR count). The Bertz CT molecular complexity index is 175. The molecule has 0 aromatic heterocycles. The number of carbonyl (C=O) groups excluding carboxylic acids is 1. The van der Waals surface area contributed by atoms with Gasteiger partial charge in [-0.15, -0.1) is 0 Å². The lowest BCUT2D eigenvalue weighted by Crippen LogP contribution is -2.26. The average molecular weight is 168 g/mol. The number of rotatable bonds is 0. The molecule has 1 aliphatic heterocycles. The first kappa shape index (κ1) is 8.36. The molecule has 5 heteroatoms. The molecular formula is C6H7F3O2. The van der Waals surface area contributed by atoms with Gasteiger partial charge < -0.3 is 4.74 Å². The summed E-state index contributed by atoms with van der Waals surface area (Å²) in [5.74, 6) is -3.05. The van der Waals surface area contributed by atoms with Crippen LogP contribution < -0.4 is 0 Å². The standard InChI is InChI=1S/C6H7F3O2/c1-3-2-4(5(10)11-3)6(7,8)9/h3-4H,2H2,1H3/t3-,4-/m0/s1. The normalized spacial score (nSPS) is 32.2. The summed E-state index contributed by atoms with van der Waals surface area (Å²) in [5, 5.41) is 0. The smallest absolute Gasteiger partial charge is 0.402 e. The van der Waals surface area contributed by atoms with Gasteiger partial charge in [-0.05, 0) is 6.92 Å². The molecule has 0 radical (unpaired) electrons. The van der Waals surface area contributed by atoms with Crippen LogP contribution >= 0.6 is 0 Å². The summed E-state index contributed by atoms with van der Waals surface area (Å²) in [6, 6.07) is 0. The third kappa shape index (κ3) is 1.64. The topological polar surface area (TPSA) is 26.3 Å². The molecule has 0 aliphatic carbocycles. The van der Waals surface area contributed by atoms with Crippen LogP contribution in [0, 0.1) is 5.92 Å². The van der Waals surface area contributed by atoms with Crippen LogP contribution in [0.25, 0.3) is 0 Å². The lowest BCUT2D eigenvalue weighted by Gasteiger charge is -2.08. The molecule has 0 aromatic rings. The number of ether oxygens (including phenoxy) is 1. The zero-order chi connectivity index (χ0) is 8.65. The van der Waals surface area contributed by atoms with Gasteiger partial charge in [-0.2, -0.15) is 13.2 Å². The number of esters is 1. The summed E-state index contributed by atoms with van der Waals surface area (Å²) < 4.78 is 40.0. The predicted octanol–water partition coefficient (Wildman–Crippen LogP) is 1.50. The van der Waals surface area contributed by atoms with Crippen LogP contribution in [0.2, 0.25) is 0 Å². The van der Waals surface area contributed by atoms with E-state index in [0.717, 1.165) is 0 Å². The molecule has 1 heterocycles. The molecule has 0 N–H and O–H groups in total. The Kier molecular flexibility index (Phi) is 1.82. The first-order chi connectivity index (χ1) is 4.91. The highest BCUT2D eigenvalue weighted by molar-refractivity contribution is 5.75. The van der Waals surface area contributed by atoms with Crippen LogP contribution in [0.3, 0.4) is 0 Å². The first-order valence-corrected chi connectivity index (χ1v) is 3.18. The van der Waals surface area contributed by atoms with Crippen molar-refractivity contribution in [3.05, 3.63) is 0 Å². The quantitative estimate of drug-likeness (QED) is 0.512. The van der Waals surface area contributed by atoms with Crippen molar-refractivity contribution in [2.45, 2.75) is 25.6 Å². The van der Waals surface area contributed by atoms with Gasteiger partial charge >= 0.3 is 12.1 Å². The molecule has 64 valence electrons. The number of hydrogen-bond acceptors (Lipinski definition) is 2. The van der Waals surface area contributed by atoms with E-state index in [4.69, 9.17) is 0 Å². The van der Waals surface area contributed by atoms with Gasteiger partial charge in [-0.3, -0.25) is 4.79 Å². The molecule has 0 unspecified atom stereocenters. The van der Waals surface area contributed by atoms with Crippen LogP contribution in [0.5, 0.6) is 0 Å². The van der Waals surface area contributed by atoms with Crippen molar-refractivity contribution in [1.29, 1.82) is 0 Å². The van der Waals surface area contributed by atoms with E-state index in [9.17, 15) is 18.0 Å². The van der Waals surface area contributed by atoms with Crippen LogP contribution in [0.4, 0.5) is 13.2 Å². The molecule has 1 fully saturated rings. The molecule has 0 bridgehead atoms. The molecular weight excluding hydrogens is 161 g/mol. The second-order valence-electron chi connectivity index (χ2n) is 2.58. The number of cyclic esters (lactones) is 1. The fourth-order valence-electron chi connectivity index (χ4n) is 1.02. The Hall–Kier alpha value is -0.740. The monoisotopic (exact) mass is 168 g/mol. The highest BCUT2D eigenvalue weighted by atomic mass is 19.4. The summed E-state index contributed by atoms with van der Waals surface area (Å²) in [6.45, 7) is 1.45. The lowest BCUT2D eigenvalue weighted by molar-refractivity contribution is -0.185. The minimum absolute atomic E-state index is 0.248. The molecule has 1 saturated heterocycles. The van der Waals surface area contributed by atoms with Gasteiger partial charge in [0.05, 0.1) is 0 Å². The molecule has 2 nitrogen and oxygen atoms in total. The van der Waals surface area contributed by atoms with Crippen LogP contribution in [0.15, 0.2) is 0 Å². The number of alkyl halides is 3. The summed E-state index contributed by atoms with van der Waals surface area (Å²) in [4.78, 5) is 10.5. The minimum atomic E-state index is -4.44. The van der Waals surface area contributed by atoms with E-state index in [1.165, 1.54) is 6.92 Å². The Labute approximate surface area is 61.3 Å². The number of carbonyl (C=O) groups is 1. The summed E-state index contributed by atoms with van der Waals surface area (Å²) >= 11 is 0. The molecule has 0 amide bonds. The number of halogens is 3. The first-order valence-electron chi connectivity index (χ1n) is 3.18. The minimum Gasteiger partial charge on any atom is -0.462 e. The van der Waals surface area contributed by atoms with Crippen molar-refractivity contribution >= 4 is 5.97 Å². The average Bonchev–Trinajstić information content (AvgIpc) is 2.08. The van der Waals surface area contributed by atoms with Gasteiger partial charge in [0.15, 0.2) is 5.92 Å². The van der Waals surface area contributed by atoms with Crippen LogP contribution in [0.1, 0.15) is 13.3 Å².